The first-order chi connectivity index (χ1) is 18.9. The molecule has 0 aliphatic heterocycles. The fourth-order valence-electron chi connectivity index (χ4n) is 3.97. The largest absolute Gasteiger partial charge is 0.361 e. The molecule has 11 nitrogen and oxygen atoms in total. The molecule has 0 spiro atoms. The standard InChI is InChI=1S/C18H19N5OS.C9H10N4O/c1-13-16-11-15(7-8-17(16)22-21-13)23(20-12-24)18(25)19-10-9-14-5-3-2-4-6-14;1-5-7-4-6(9(14)11-10)2-3-8(7)13-12-5/h2-8,11-12H,9-10H2,1H3,(H,19,25)(H,20,24)(H,21,22);2-4H,10H2,1H3,(H,11,14)(H,12,13). The maximum atomic E-state index is 11.2. The van der Waals surface area contributed by atoms with Gasteiger partial charge in [-0.15, -0.1) is 0 Å². The monoisotopic (exact) mass is 543 g/mol. The van der Waals surface area contributed by atoms with Crippen LogP contribution in [0.3, 0.4) is 0 Å². The molecule has 0 fully saturated rings. The minimum atomic E-state index is -0.299. The number of benzene rings is 3. The van der Waals surface area contributed by atoms with Crippen molar-refractivity contribution in [2.24, 2.45) is 5.84 Å². The number of rotatable bonds is 7. The van der Waals surface area contributed by atoms with Crippen LogP contribution in [0.15, 0.2) is 66.7 Å². The third-order valence-corrected chi connectivity index (χ3v) is 6.37. The number of nitrogens with zero attached hydrogens (tertiary/aromatic N) is 3. The zero-order chi connectivity index (χ0) is 27.8. The molecule has 0 atom stereocenters. The number of aryl methyl sites for hydroxylation is 2. The number of anilines is 1. The number of hydrogen-bond donors (Lipinski definition) is 6. The topological polar surface area (TPSA) is 157 Å². The summed E-state index contributed by atoms with van der Waals surface area (Å²) in [5, 5.41) is 21.2. The van der Waals surface area contributed by atoms with E-state index in [9.17, 15) is 9.59 Å². The van der Waals surface area contributed by atoms with Crippen LogP contribution < -0.4 is 27.0 Å². The molecule has 0 aliphatic rings. The Kier molecular flexibility index (Phi) is 8.82. The predicted molar refractivity (Wildman–Crippen MR) is 156 cm³/mol. The molecule has 5 rings (SSSR count). The summed E-state index contributed by atoms with van der Waals surface area (Å²) in [5.41, 5.74) is 10.9. The molecular formula is C27H29N9O2S. The summed E-state index contributed by atoms with van der Waals surface area (Å²) in [4.78, 5) is 22.2. The van der Waals surface area contributed by atoms with Gasteiger partial charge in [-0.1, -0.05) is 30.3 Å². The third kappa shape index (κ3) is 6.55. The van der Waals surface area contributed by atoms with Gasteiger partial charge in [0.15, 0.2) is 5.11 Å². The summed E-state index contributed by atoms with van der Waals surface area (Å²) < 4.78 is 0. The molecule has 2 amide bonds. The Morgan fingerprint density at radius 2 is 1.62 bits per heavy atom. The summed E-state index contributed by atoms with van der Waals surface area (Å²) in [7, 11) is 0. The zero-order valence-corrected chi connectivity index (χ0v) is 22.3. The predicted octanol–water partition coefficient (Wildman–Crippen LogP) is 2.93. The van der Waals surface area contributed by atoms with E-state index in [0.29, 0.717) is 23.6 Å². The normalized spacial score (nSPS) is 10.4. The second-order valence-corrected chi connectivity index (χ2v) is 9.04. The number of nitrogens with two attached hydrogens (primary N) is 1. The van der Waals surface area contributed by atoms with Gasteiger partial charge in [-0.2, -0.15) is 10.2 Å². The van der Waals surface area contributed by atoms with Crippen molar-refractivity contribution in [3.63, 3.8) is 0 Å². The summed E-state index contributed by atoms with van der Waals surface area (Å²) in [6.45, 7) is 4.53. The van der Waals surface area contributed by atoms with Gasteiger partial charge in [0.2, 0.25) is 6.41 Å². The van der Waals surface area contributed by atoms with E-state index in [0.717, 1.165) is 45.3 Å². The average Bonchev–Trinajstić information content (AvgIpc) is 3.53. The number of nitrogen functional groups attached to an aromatic ring is 1. The van der Waals surface area contributed by atoms with Crippen molar-refractivity contribution >= 4 is 57.1 Å². The van der Waals surface area contributed by atoms with Crippen LogP contribution in [-0.4, -0.2) is 44.4 Å². The molecule has 0 saturated heterocycles. The van der Waals surface area contributed by atoms with Gasteiger partial charge in [-0.25, -0.2) is 10.9 Å². The highest BCUT2D eigenvalue weighted by Gasteiger charge is 2.13. The number of amides is 2. The Labute approximate surface area is 230 Å². The average molecular weight is 544 g/mol. The lowest BCUT2D eigenvalue weighted by molar-refractivity contribution is -0.109. The summed E-state index contributed by atoms with van der Waals surface area (Å²) in [5.74, 6) is 4.74. The Balaban J connectivity index is 0.000000212. The summed E-state index contributed by atoms with van der Waals surface area (Å²) >= 11 is 5.44. The lowest BCUT2D eigenvalue weighted by Crippen LogP contribution is -2.48. The summed E-state index contributed by atoms with van der Waals surface area (Å²) in [6, 6.07) is 21.1. The van der Waals surface area contributed by atoms with Crippen molar-refractivity contribution in [2.45, 2.75) is 20.3 Å². The lowest BCUT2D eigenvalue weighted by atomic mass is 10.1. The number of aromatic amines is 2. The van der Waals surface area contributed by atoms with Gasteiger partial charge in [0.25, 0.3) is 5.91 Å². The molecule has 2 aromatic heterocycles. The van der Waals surface area contributed by atoms with Gasteiger partial charge in [-0.3, -0.25) is 30.6 Å². The summed E-state index contributed by atoms with van der Waals surface area (Å²) in [6.07, 6.45) is 1.45. The van der Waals surface area contributed by atoms with Crippen LogP contribution in [0.25, 0.3) is 21.8 Å². The molecule has 0 unspecified atom stereocenters. The van der Waals surface area contributed by atoms with Gasteiger partial charge < -0.3 is 5.32 Å². The SMILES string of the molecule is Cc1[nH]nc2ccc(C(=O)NN)cc12.Cc1[nH]nc2ccc(N(NC=O)C(=S)NCCc3ccccc3)cc12. The molecule has 0 saturated carbocycles. The van der Waals surface area contributed by atoms with E-state index < -0.39 is 0 Å². The number of hydrazine groups is 2. The van der Waals surface area contributed by atoms with Crippen molar-refractivity contribution in [1.29, 1.82) is 0 Å². The molecular weight excluding hydrogens is 514 g/mol. The number of hydrogen-bond acceptors (Lipinski definition) is 6. The van der Waals surface area contributed by atoms with Gasteiger partial charge in [0.1, 0.15) is 0 Å². The Hall–Kier alpha value is -4.81. The van der Waals surface area contributed by atoms with Crippen LogP contribution in [-0.2, 0) is 11.2 Å². The van der Waals surface area contributed by atoms with Crippen molar-refractivity contribution in [3.05, 3.63) is 89.2 Å². The van der Waals surface area contributed by atoms with Gasteiger partial charge in [-0.05, 0) is 74.4 Å². The zero-order valence-electron chi connectivity index (χ0n) is 21.5. The molecule has 39 heavy (non-hydrogen) atoms. The van der Waals surface area contributed by atoms with Crippen LogP contribution in [0.1, 0.15) is 27.3 Å². The quantitative estimate of drug-likeness (QED) is 0.0601. The number of thiocarbonyl (C=S) groups is 1. The Morgan fingerprint density at radius 3 is 2.26 bits per heavy atom. The van der Waals surface area contributed by atoms with Crippen LogP contribution in [0.5, 0.6) is 0 Å². The molecule has 0 bridgehead atoms. The number of aromatic nitrogens is 4. The van der Waals surface area contributed by atoms with Crippen molar-refractivity contribution in [3.8, 4) is 0 Å². The molecule has 0 radical (unpaired) electrons. The minimum absolute atomic E-state index is 0.299. The van der Waals surface area contributed by atoms with Crippen molar-refractivity contribution in [2.75, 3.05) is 11.6 Å². The first-order valence-electron chi connectivity index (χ1n) is 12.1. The molecule has 200 valence electrons. The van der Waals surface area contributed by atoms with E-state index in [1.807, 2.05) is 50.2 Å². The number of carbonyl (C=O) groups excluding carboxylic acids is 2. The Bertz CT molecular complexity index is 1600. The highest BCUT2D eigenvalue weighted by molar-refractivity contribution is 7.80. The van der Waals surface area contributed by atoms with Crippen molar-refractivity contribution < 1.29 is 9.59 Å². The third-order valence-electron chi connectivity index (χ3n) is 6.04. The maximum absolute atomic E-state index is 11.2. The van der Waals surface area contributed by atoms with E-state index in [4.69, 9.17) is 18.1 Å². The fourth-order valence-corrected chi connectivity index (χ4v) is 4.23. The van der Waals surface area contributed by atoms with Crippen LogP contribution >= 0.6 is 12.2 Å². The first-order valence-corrected chi connectivity index (χ1v) is 12.5. The smallest absolute Gasteiger partial charge is 0.265 e. The van der Waals surface area contributed by atoms with Gasteiger partial charge in [0.05, 0.1) is 16.7 Å². The number of carbonyl (C=O) groups is 2. The van der Waals surface area contributed by atoms with Gasteiger partial charge >= 0.3 is 0 Å². The molecule has 2 heterocycles. The van der Waals surface area contributed by atoms with Crippen LogP contribution in [0.2, 0.25) is 0 Å². The van der Waals surface area contributed by atoms with E-state index in [1.54, 1.807) is 23.2 Å². The highest BCUT2D eigenvalue weighted by Crippen LogP contribution is 2.22. The van der Waals surface area contributed by atoms with E-state index in [-0.39, 0.29) is 5.91 Å². The lowest BCUT2D eigenvalue weighted by Gasteiger charge is -2.24. The van der Waals surface area contributed by atoms with Crippen LogP contribution in [0, 0.1) is 13.8 Å². The number of H-pyrrole nitrogens is 2. The van der Waals surface area contributed by atoms with Crippen LogP contribution in [0.4, 0.5) is 5.69 Å². The van der Waals surface area contributed by atoms with Crippen molar-refractivity contribution in [1.82, 2.24) is 36.6 Å². The first kappa shape index (κ1) is 27.2. The van der Waals surface area contributed by atoms with E-state index in [1.165, 1.54) is 5.56 Å². The number of nitrogens with one attached hydrogen (secondary N) is 5. The molecule has 5 aromatic rings. The highest BCUT2D eigenvalue weighted by atomic mass is 32.1. The second-order valence-electron chi connectivity index (χ2n) is 8.65. The number of fused-ring (bicyclic) bond motifs is 2. The van der Waals surface area contributed by atoms with E-state index >= 15 is 0 Å². The second kappa shape index (κ2) is 12.6. The van der Waals surface area contributed by atoms with E-state index in [2.05, 4.69) is 48.7 Å². The molecule has 7 N–H and O–H groups in total. The van der Waals surface area contributed by atoms with Gasteiger partial charge in [0, 0.05) is 34.3 Å². The molecule has 12 heteroatoms. The Morgan fingerprint density at radius 1 is 0.974 bits per heavy atom. The molecule has 0 aliphatic carbocycles. The maximum Gasteiger partial charge on any atom is 0.265 e. The fraction of sp³-hybridized carbons (Fsp3) is 0.148. The molecule has 3 aromatic carbocycles. The minimum Gasteiger partial charge on any atom is -0.361 e.